The van der Waals surface area contributed by atoms with E-state index >= 15 is 0 Å². The molecule has 2 rings (SSSR count). The lowest BCUT2D eigenvalue weighted by Gasteiger charge is -2.33. The molecule has 2 unspecified atom stereocenters. The van der Waals surface area contributed by atoms with Gasteiger partial charge in [0, 0.05) is 19.1 Å². The van der Waals surface area contributed by atoms with E-state index in [1.165, 1.54) is 12.1 Å². The lowest BCUT2D eigenvalue weighted by atomic mass is 9.98. The zero-order chi connectivity index (χ0) is 13.8. The summed E-state index contributed by atoms with van der Waals surface area (Å²) in [6, 6.07) is 6.14. The monoisotopic (exact) mass is 265 g/mol. The maximum absolute atomic E-state index is 13.4. The molecule has 1 fully saturated rings. The Balaban J connectivity index is 2.26. The zero-order valence-corrected chi connectivity index (χ0v) is 11.1. The summed E-state index contributed by atoms with van der Waals surface area (Å²) in [6.07, 6.45) is 0.879. The highest BCUT2D eigenvalue weighted by molar-refractivity contribution is 5.78. The van der Waals surface area contributed by atoms with Crippen LogP contribution < -0.4 is 11.1 Å². The van der Waals surface area contributed by atoms with Gasteiger partial charge in [0.05, 0.1) is 12.6 Å². The van der Waals surface area contributed by atoms with Gasteiger partial charge < -0.3 is 11.1 Å². The minimum atomic E-state index is -0.276. The number of carbonyl (C=O) groups is 1. The highest BCUT2D eigenvalue weighted by atomic mass is 19.1. The standard InChI is InChI=1S/C14H20FN3O/c1-10(16)14(11-4-2-5-12(15)8-11)18-7-3-6-17-13(19)9-18/h2,4-5,8,10,14H,3,6-7,9,16H2,1H3,(H,17,19). The predicted octanol–water partition coefficient (Wildman–Crippen LogP) is 1.04. The quantitative estimate of drug-likeness (QED) is 0.858. The summed E-state index contributed by atoms with van der Waals surface area (Å²) in [7, 11) is 0. The van der Waals surface area contributed by atoms with E-state index in [1.807, 2.05) is 17.9 Å². The second kappa shape index (κ2) is 6.12. The van der Waals surface area contributed by atoms with Crippen molar-refractivity contribution in [2.45, 2.75) is 25.4 Å². The van der Waals surface area contributed by atoms with Gasteiger partial charge in [0.25, 0.3) is 0 Å². The Bertz CT molecular complexity index is 450. The Morgan fingerprint density at radius 1 is 1.47 bits per heavy atom. The summed E-state index contributed by atoms with van der Waals surface area (Å²) in [5, 5.41) is 2.84. The van der Waals surface area contributed by atoms with Crippen molar-refractivity contribution in [3.63, 3.8) is 0 Å². The molecular weight excluding hydrogens is 245 g/mol. The van der Waals surface area contributed by atoms with Gasteiger partial charge >= 0.3 is 0 Å². The van der Waals surface area contributed by atoms with Gasteiger partial charge in [-0.25, -0.2) is 4.39 Å². The Hall–Kier alpha value is -1.46. The van der Waals surface area contributed by atoms with Crippen LogP contribution in [0.3, 0.4) is 0 Å². The highest BCUT2D eigenvalue weighted by Gasteiger charge is 2.27. The second-order valence-electron chi connectivity index (χ2n) is 5.03. The summed E-state index contributed by atoms with van der Waals surface area (Å²) < 4.78 is 13.4. The molecule has 1 aromatic rings. The van der Waals surface area contributed by atoms with Gasteiger partial charge in [0.1, 0.15) is 5.82 Å². The Kier molecular flexibility index (Phi) is 4.50. The molecule has 1 saturated heterocycles. The summed E-state index contributed by atoms with van der Waals surface area (Å²) >= 11 is 0. The van der Waals surface area contributed by atoms with Crippen LogP contribution in [0, 0.1) is 5.82 Å². The van der Waals surface area contributed by atoms with Gasteiger partial charge in [0.15, 0.2) is 0 Å². The van der Waals surface area contributed by atoms with E-state index in [9.17, 15) is 9.18 Å². The second-order valence-corrected chi connectivity index (χ2v) is 5.03. The fourth-order valence-electron chi connectivity index (χ4n) is 2.60. The maximum atomic E-state index is 13.4. The van der Waals surface area contributed by atoms with Crippen molar-refractivity contribution in [3.8, 4) is 0 Å². The average Bonchev–Trinajstić information content (AvgIpc) is 2.54. The van der Waals surface area contributed by atoms with Gasteiger partial charge in [-0.2, -0.15) is 0 Å². The molecule has 0 aromatic heterocycles. The number of rotatable bonds is 3. The smallest absolute Gasteiger partial charge is 0.234 e. The Labute approximate surface area is 112 Å². The van der Waals surface area contributed by atoms with Crippen molar-refractivity contribution in [1.29, 1.82) is 0 Å². The van der Waals surface area contributed by atoms with Crippen LogP contribution >= 0.6 is 0 Å². The molecular formula is C14H20FN3O. The van der Waals surface area contributed by atoms with Crippen LogP contribution in [0.5, 0.6) is 0 Å². The lowest BCUT2D eigenvalue weighted by Crippen LogP contribution is -2.42. The minimum absolute atomic E-state index is 0.000414. The van der Waals surface area contributed by atoms with Crippen LogP contribution in [0.25, 0.3) is 0 Å². The molecule has 0 radical (unpaired) electrons. The molecule has 0 spiro atoms. The fraction of sp³-hybridized carbons (Fsp3) is 0.500. The number of hydrogen-bond acceptors (Lipinski definition) is 3. The SMILES string of the molecule is CC(N)C(c1cccc(F)c1)N1CCCNC(=O)C1. The largest absolute Gasteiger partial charge is 0.355 e. The van der Waals surface area contributed by atoms with Gasteiger partial charge in [-0.05, 0) is 31.0 Å². The average molecular weight is 265 g/mol. The molecule has 0 saturated carbocycles. The van der Waals surface area contributed by atoms with Crippen LogP contribution in [0.15, 0.2) is 24.3 Å². The van der Waals surface area contributed by atoms with E-state index in [0.29, 0.717) is 13.1 Å². The molecule has 4 nitrogen and oxygen atoms in total. The lowest BCUT2D eigenvalue weighted by molar-refractivity contribution is -0.122. The van der Waals surface area contributed by atoms with Gasteiger partial charge in [0.2, 0.25) is 5.91 Å². The van der Waals surface area contributed by atoms with Crippen molar-refractivity contribution in [2.75, 3.05) is 19.6 Å². The van der Waals surface area contributed by atoms with Crippen molar-refractivity contribution in [3.05, 3.63) is 35.6 Å². The van der Waals surface area contributed by atoms with Crippen molar-refractivity contribution < 1.29 is 9.18 Å². The molecule has 3 N–H and O–H groups in total. The van der Waals surface area contributed by atoms with E-state index in [0.717, 1.165) is 18.5 Å². The summed E-state index contributed by atoms with van der Waals surface area (Å²) in [5.74, 6) is -0.276. The third kappa shape index (κ3) is 3.52. The third-order valence-corrected chi connectivity index (χ3v) is 3.37. The summed E-state index contributed by atoms with van der Waals surface area (Å²) in [6.45, 7) is 3.66. The van der Waals surface area contributed by atoms with E-state index < -0.39 is 0 Å². The zero-order valence-electron chi connectivity index (χ0n) is 11.1. The van der Waals surface area contributed by atoms with Crippen molar-refractivity contribution in [2.24, 2.45) is 5.73 Å². The topological polar surface area (TPSA) is 58.4 Å². The Morgan fingerprint density at radius 3 is 2.95 bits per heavy atom. The van der Waals surface area contributed by atoms with E-state index in [4.69, 9.17) is 5.73 Å². The van der Waals surface area contributed by atoms with E-state index in [1.54, 1.807) is 6.07 Å². The highest BCUT2D eigenvalue weighted by Crippen LogP contribution is 2.24. The molecule has 1 aromatic carbocycles. The van der Waals surface area contributed by atoms with Crippen LogP contribution in [0.4, 0.5) is 4.39 Å². The first-order valence-corrected chi connectivity index (χ1v) is 6.59. The molecule has 1 aliphatic heterocycles. The van der Waals surface area contributed by atoms with Crippen LogP contribution in [0.1, 0.15) is 24.9 Å². The first kappa shape index (κ1) is 14.0. The van der Waals surface area contributed by atoms with Crippen molar-refractivity contribution >= 4 is 5.91 Å². The number of benzene rings is 1. The molecule has 1 heterocycles. The van der Waals surface area contributed by atoms with Crippen molar-refractivity contribution in [1.82, 2.24) is 10.2 Å². The van der Waals surface area contributed by atoms with E-state index in [2.05, 4.69) is 5.32 Å². The number of carbonyl (C=O) groups excluding carboxylic acids is 1. The molecule has 1 amide bonds. The normalized spacial score (nSPS) is 20.5. The minimum Gasteiger partial charge on any atom is -0.355 e. The summed E-state index contributed by atoms with van der Waals surface area (Å²) in [4.78, 5) is 13.7. The first-order valence-electron chi connectivity index (χ1n) is 6.59. The number of halogens is 1. The number of nitrogens with zero attached hydrogens (tertiary/aromatic N) is 1. The summed E-state index contributed by atoms with van der Waals surface area (Å²) in [5.41, 5.74) is 6.87. The van der Waals surface area contributed by atoms with Gasteiger partial charge in [-0.3, -0.25) is 9.69 Å². The third-order valence-electron chi connectivity index (χ3n) is 3.37. The molecule has 19 heavy (non-hydrogen) atoms. The van der Waals surface area contributed by atoms with E-state index in [-0.39, 0.29) is 23.8 Å². The number of nitrogens with one attached hydrogen (secondary N) is 1. The molecule has 2 atom stereocenters. The van der Waals surface area contributed by atoms with Gasteiger partial charge in [-0.1, -0.05) is 12.1 Å². The maximum Gasteiger partial charge on any atom is 0.234 e. The number of amides is 1. The van der Waals surface area contributed by atoms with Gasteiger partial charge in [-0.15, -0.1) is 0 Å². The first-order chi connectivity index (χ1) is 9.08. The number of hydrogen-bond donors (Lipinski definition) is 2. The molecule has 0 bridgehead atoms. The molecule has 5 heteroatoms. The molecule has 0 aliphatic carbocycles. The Morgan fingerprint density at radius 2 is 2.26 bits per heavy atom. The van der Waals surface area contributed by atoms with Crippen LogP contribution in [-0.4, -0.2) is 36.5 Å². The molecule has 104 valence electrons. The molecule has 1 aliphatic rings. The number of nitrogens with two attached hydrogens (primary N) is 1. The fourth-order valence-corrected chi connectivity index (χ4v) is 2.60. The van der Waals surface area contributed by atoms with Crippen LogP contribution in [-0.2, 0) is 4.79 Å². The predicted molar refractivity (Wildman–Crippen MR) is 72.0 cm³/mol. The van der Waals surface area contributed by atoms with Crippen LogP contribution in [0.2, 0.25) is 0 Å².